The Balaban J connectivity index is 2.67. The molecule has 86 valence electrons. The molecule has 0 atom stereocenters. The van der Waals surface area contributed by atoms with E-state index in [4.69, 9.17) is 11.6 Å². The van der Waals surface area contributed by atoms with E-state index < -0.39 is 10.0 Å². The number of sulfonamides is 1. The Labute approximate surface area is 94.3 Å². The molecule has 0 fully saturated rings. The molecule has 1 aromatic heterocycles. The lowest BCUT2D eigenvalue weighted by molar-refractivity contribution is 0.413. The topological polar surface area (TPSA) is 74.8 Å². The summed E-state index contributed by atoms with van der Waals surface area (Å²) in [5.41, 5.74) is -0.269. The third-order valence-electron chi connectivity index (χ3n) is 1.87. The number of H-pyrrole nitrogens is 1. The molecule has 0 aromatic carbocycles. The van der Waals surface area contributed by atoms with Crippen LogP contribution >= 0.6 is 11.6 Å². The van der Waals surface area contributed by atoms with E-state index in [1.165, 1.54) is 12.5 Å². The summed E-state index contributed by atoms with van der Waals surface area (Å²) < 4.78 is 25.7. The van der Waals surface area contributed by atoms with Crippen LogP contribution in [0.3, 0.4) is 0 Å². The van der Waals surface area contributed by atoms with Crippen LogP contribution in [0, 0.1) is 5.41 Å². The highest BCUT2D eigenvalue weighted by molar-refractivity contribution is 7.89. The van der Waals surface area contributed by atoms with Gasteiger partial charge in [-0.05, 0) is 5.41 Å². The standard InChI is InChI=1S/C8H14ClN3O2S/c1-8(2,4-9)5-12-15(13,14)7-3-10-6-11-7/h3,6,12H,4-5H2,1-2H3,(H,10,11). The number of nitrogens with one attached hydrogen (secondary N) is 2. The molecule has 5 nitrogen and oxygen atoms in total. The van der Waals surface area contributed by atoms with Crippen LogP contribution in [0.4, 0.5) is 0 Å². The Morgan fingerprint density at radius 2 is 2.27 bits per heavy atom. The molecule has 7 heteroatoms. The van der Waals surface area contributed by atoms with E-state index in [2.05, 4.69) is 14.7 Å². The van der Waals surface area contributed by atoms with Gasteiger partial charge in [-0.3, -0.25) is 0 Å². The summed E-state index contributed by atoms with van der Waals surface area (Å²) in [5, 5.41) is 0.0628. The van der Waals surface area contributed by atoms with Gasteiger partial charge in [0.15, 0.2) is 5.03 Å². The van der Waals surface area contributed by atoms with Gasteiger partial charge in [0.25, 0.3) is 10.0 Å². The highest BCUT2D eigenvalue weighted by atomic mass is 35.5. The number of hydrogen-bond donors (Lipinski definition) is 2. The Hall–Kier alpha value is -0.590. The molecule has 0 amide bonds. The Morgan fingerprint density at radius 1 is 1.60 bits per heavy atom. The van der Waals surface area contributed by atoms with E-state index in [1.54, 1.807) is 0 Å². The summed E-state index contributed by atoms with van der Waals surface area (Å²) in [4.78, 5) is 6.19. The van der Waals surface area contributed by atoms with Crippen molar-refractivity contribution in [2.45, 2.75) is 18.9 Å². The molecular formula is C8H14ClN3O2S. The fourth-order valence-electron chi connectivity index (χ4n) is 0.805. The number of aromatic amines is 1. The monoisotopic (exact) mass is 251 g/mol. The lowest BCUT2D eigenvalue weighted by Crippen LogP contribution is -2.35. The fraction of sp³-hybridized carbons (Fsp3) is 0.625. The van der Waals surface area contributed by atoms with Crippen LogP contribution in [0.5, 0.6) is 0 Å². The Kier molecular flexibility index (Phi) is 3.75. The minimum absolute atomic E-state index is 0.0628. The summed E-state index contributed by atoms with van der Waals surface area (Å²) in [6, 6.07) is 0. The molecule has 0 aliphatic heterocycles. The highest BCUT2D eigenvalue weighted by Crippen LogP contribution is 2.16. The minimum atomic E-state index is -3.49. The van der Waals surface area contributed by atoms with Gasteiger partial charge in [-0.2, -0.15) is 0 Å². The smallest absolute Gasteiger partial charge is 0.257 e. The van der Waals surface area contributed by atoms with Crippen molar-refractivity contribution >= 4 is 21.6 Å². The molecule has 0 spiro atoms. The molecule has 2 N–H and O–H groups in total. The summed E-state index contributed by atoms with van der Waals surface area (Å²) >= 11 is 5.69. The molecule has 0 bridgehead atoms. The first-order valence-electron chi connectivity index (χ1n) is 4.41. The number of nitrogens with zero attached hydrogens (tertiary/aromatic N) is 1. The van der Waals surface area contributed by atoms with Crippen molar-refractivity contribution in [1.82, 2.24) is 14.7 Å². The zero-order valence-electron chi connectivity index (χ0n) is 8.62. The van der Waals surface area contributed by atoms with Gasteiger partial charge in [0.2, 0.25) is 0 Å². The third kappa shape index (κ3) is 3.48. The Bertz CT molecular complexity index is 400. The number of hydrogen-bond acceptors (Lipinski definition) is 3. The largest absolute Gasteiger partial charge is 0.335 e. The van der Waals surface area contributed by atoms with Crippen molar-refractivity contribution in [3.63, 3.8) is 0 Å². The van der Waals surface area contributed by atoms with Gasteiger partial charge >= 0.3 is 0 Å². The molecule has 0 saturated carbocycles. The lowest BCUT2D eigenvalue weighted by atomic mass is 9.97. The quantitative estimate of drug-likeness (QED) is 0.766. The normalized spacial score (nSPS) is 13.0. The number of rotatable bonds is 5. The summed E-state index contributed by atoms with van der Waals surface area (Å²) in [6.07, 6.45) is 2.58. The molecule has 1 aromatic rings. The summed E-state index contributed by atoms with van der Waals surface area (Å²) in [7, 11) is -3.49. The van der Waals surface area contributed by atoms with Gasteiger partial charge in [-0.25, -0.2) is 18.1 Å². The number of halogens is 1. The zero-order chi connectivity index (χ0) is 11.5. The molecular weight excluding hydrogens is 238 g/mol. The summed E-state index contributed by atoms with van der Waals surface area (Å²) in [5.74, 6) is 0.387. The zero-order valence-corrected chi connectivity index (χ0v) is 10.2. The lowest BCUT2D eigenvalue weighted by Gasteiger charge is -2.21. The van der Waals surface area contributed by atoms with Gasteiger partial charge in [-0.1, -0.05) is 13.8 Å². The van der Waals surface area contributed by atoms with E-state index in [9.17, 15) is 8.42 Å². The van der Waals surface area contributed by atoms with Crippen molar-refractivity contribution in [2.75, 3.05) is 12.4 Å². The van der Waals surface area contributed by atoms with Crippen LogP contribution in [0.1, 0.15) is 13.8 Å². The fourth-order valence-corrected chi connectivity index (χ4v) is 2.04. The number of imidazole rings is 1. The second-order valence-electron chi connectivity index (χ2n) is 4.04. The molecule has 1 rings (SSSR count). The van der Waals surface area contributed by atoms with Crippen LogP contribution in [0.15, 0.2) is 17.6 Å². The molecule has 0 radical (unpaired) electrons. The van der Waals surface area contributed by atoms with Crippen molar-refractivity contribution in [1.29, 1.82) is 0 Å². The first-order valence-corrected chi connectivity index (χ1v) is 6.43. The number of alkyl halides is 1. The molecule has 15 heavy (non-hydrogen) atoms. The predicted molar refractivity (Wildman–Crippen MR) is 58.3 cm³/mol. The van der Waals surface area contributed by atoms with Crippen molar-refractivity contribution in [3.8, 4) is 0 Å². The van der Waals surface area contributed by atoms with Gasteiger partial charge < -0.3 is 4.98 Å². The third-order valence-corrected chi connectivity index (χ3v) is 3.92. The second-order valence-corrected chi connectivity index (χ2v) is 6.04. The van der Waals surface area contributed by atoms with E-state index in [0.717, 1.165) is 0 Å². The van der Waals surface area contributed by atoms with Crippen LogP contribution < -0.4 is 4.72 Å². The first kappa shape index (κ1) is 12.5. The van der Waals surface area contributed by atoms with Crippen molar-refractivity contribution < 1.29 is 8.42 Å². The molecule has 0 aliphatic carbocycles. The molecule has 1 heterocycles. The van der Waals surface area contributed by atoms with E-state index in [0.29, 0.717) is 5.88 Å². The SMILES string of the molecule is CC(C)(CCl)CNS(=O)(=O)c1cnc[nH]1. The van der Waals surface area contributed by atoms with Gasteiger partial charge in [0.05, 0.1) is 12.5 Å². The molecule has 0 unspecified atom stereocenters. The van der Waals surface area contributed by atoms with Crippen LogP contribution in [0.2, 0.25) is 0 Å². The molecule has 0 saturated heterocycles. The highest BCUT2D eigenvalue weighted by Gasteiger charge is 2.22. The van der Waals surface area contributed by atoms with Crippen LogP contribution in [0.25, 0.3) is 0 Å². The van der Waals surface area contributed by atoms with E-state index >= 15 is 0 Å². The van der Waals surface area contributed by atoms with Crippen molar-refractivity contribution in [2.24, 2.45) is 5.41 Å². The van der Waals surface area contributed by atoms with Gasteiger partial charge in [-0.15, -0.1) is 11.6 Å². The maximum atomic E-state index is 11.6. The van der Waals surface area contributed by atoms with Gasteiger partial charge in [0, 0.05) is 12.4 Å². The first-order chi connectivity index (χ1) is 6.87. The van der Waals surface area contributed by atoms with E-state index in [1.807, 2.05) is 13.8 Å². The summed E-state index contributed by atoms with van der Waals surface area (Å²) in [6.45, 7) is 4.06. The van der Waals surface area contributed by atoms with Crippen molar-refractivity contribution in [3.05, 3.63) is 12.5 Å². The average Bonchev–Trinajstić information content (AvgIpc) is 2.69. The van der Waals surface area contributed by atoms with Crippen LogP contribution in [-0.2, 0) is 10.0 Å². The Morgan fingerprint density at radius 3 is 2.73 bits per heavy atom. The maximum Gasteiger partial charge on any atom is 0.257 e. The average molecular weight is 252 g/mol. The van der Waals surface area contributed by atoms with Gasteiger partial charge in [0.1, 0.15) is 0 Å². The predicted octanol–water partition coefficient (Wildman–Crippen LogP) is 0.953. The maximum absolute atomic E-state index is 11.6. The molecule has 0 aliphatic rings. The minimum Gasteiger partial charge on any atom is -0.335 e. The number of aromatic nitrogens is 2. The van der Waals surface area contributed by atoms with E-state index in [-0.39, 0.29) is 17.0 Å². The second kappa shape index (κ2) is 4.51. The van der Waals surface area contributed by atoms with Crippen LogP contribution in [-0.4, -0.2) is 30.8 Å².